The van der Waals surface area contributed by atoms with Crippen molar-refractivity contribution >= 4 is 5.97 Å². The highest BCUT2D eigenvalue weighted by molar-refractivity contribution is 5.77. The number of carbonyl (C=O) groups is 1. The van der Waals surface area contributed by atoms with Crippen LogP contribution in [-0.4, -0.2) is 17.2 Å². The van der Waals surface area contributed by atoms with Crippen LogP contribution in [0, 0.1) is 0 Å². The second kappa shape index (κ2) is 18.2. The summed E-state index contributed by atoms with van der Waals surface area (Å²) in [4.78, 5) is 10.1. The molecule has 0 radical (unpaired) electrons. The first-order chi connectivity index (χ1) is 12.2. The minimum atomic E-state index is -1.20. The second-order valence-electron chi connectivity index (χ2n) is 5.73. The Morgan fingerprint density at radius 1 is 0.800 bits per heavy atom. The Hall–Kier alpha value is -2.13. The van der Waals surface area contributed by atoms with Gasteiger partial charge in [-0.15, -0.1) is 0 Å². The summed E-state index contributed by atoms with van der Waals surface area (Å²) in [6.45, 7) is 2.21. The minimum Gasteiger partial charge on any atom is -0.545 e. The van der Waals surface area contributed by atoms with Crippen LogP contribution in [0.25, 0.3) is 0 Å². The zero-order valence-corrected chi connectivity index (χ0v) is 15.2. The zero-order chi connectivity index (χ0) is 18.6. The maximum Gasteiger partial charge on any atom is 0.0723 e. The number of carboxylic acids is 1. The van der Waals surface area contributed by atoms with Crippen molar-refractivity contribution in [3.8, 4) is 0 Å². The topological polar surface area (TPSA) is 60.4 Å². The third-order valence-electron chi connectivity index (χ3n) is 3.42. The predicted octanol–water partition coefficient (Wildman–Crippen LogP) is 4.19. The lowest BCUT2D eigenvalue weighted by molar-refractivity contribution is -0.297. The first-order valence-corrected chi connectivity index (χ1v) is 9.07. The third-order valence-corrected chi connectivity index (χ3v) is 3.42. The van der Waals surface area contributed by atoms with Crippen molar-refractivity contribution in [3.05, 3.63) is 72.9 Å². The van der Waals surface area contributed by atoms with E-state index in [4.69, 9.17) is 0 Å². The number of hydrogen-bond donors (Lipinski definition) is 1. The number of unbranched alkanes of at least 4 members (excludes halogenated alkanes) is 5. The largest absolute Gasteiger partial charge is 0.545 e. The summed E-state index contributed by atoms with van der Waals surface area (Å²) in [5, 5.41) is 19.9. The van der Waals surface area contributed by atoms with Crippen LogP contribution in [0.15, 0.2) is 72.9 Å². The van der Waals surface area contributed by atoms with Crippen LogP contribution in [0.4, 0.5) is 0 Å². The van der Waals surface area contributed by atoms with E-state index in [0.717, 1.165) is 18.9 Å². The van der Waals surface area contributed by atoms with Crippen LogP contribution in [0.3, 0.4) is 0 Å². The quantitative estimate of drug-likeness (QED) is 0.292. The van der Waals surface area contributed by atoms with Gasteiger partial charge in [0.25, 0.3) is 0 Å². The molecule has 0 saturated heterocycles. The number of hydrogen-bond acceptors (Lipinski definition) is 3. The van der Waals surface area contributed by atoms with Crippen molar-refractivity contribution in [2.45, 2.75) is 58.0 Å². The number of aliphatic hydroxyl groups is 1. The first-order valence-electron chi connectivity index (χ1n) is 9.07. The SMILES string of the molecule is CCCCCCCCC(O)C=CC=CC=CC=CC=CC=CC(=O)[O-]. The summed E-state index contributed by atoms with van der Waals surface area (Å²) in [5.74, 6) is -1.20. The highest BCUT2D eigenvalue weighted by atomic mass is 16.4. The van der Waals surface area contributed by atoms with Gasteiger partial charge in [0.15, 0.2) is 0 Å². The normalized spacial score (nSPS) is 14.3. The Bertz CT molecular complexity index is 493. The smallest absolute Gasteiger partial charge is 0.0723 e. The van der Waals surface area contributed by atoms with E-state index >= 15 is 0 Å². The number of carboxylic acid groups (broad SMARTS) is 1. The van der Waals surface area contributed by atoms with Gasteiger partial charge >= 0.3 is 0 Å². The molecule has 0 spiro atoms. The summed E-state index contributed by atoms with van der Waals surface area (Å²) in [6, 6.07) is 0. The van der Waals surface area contributed by atoms with Crippen LogP contribution >= 0.6 is 0 Å². The van der Waals surface area contributed by atoms with Crippen LogP contribution in [-0.2, 0) is 4.79 Å². The minimum absolute atomic E-state index is 0.362. The van der Waals surface area contributed by atoms with Crippen molar-refractivity contribution in [1.82, 2.24) is 0 Å². The molecule has 138 valence electrons. The van der Waals surface area contributed by atoms with Crippen LogP contribution in [0.2, 0.25) is 0 Å². The average Bonchev–Trinajstić information content (AvgIpc) is 2.58. The molecule has 0 heterocycles. The molecule has 0 aliphatic rings. The van der Waals surface area contributed by atoms with Crippen LogP contribution in [0.1, 0.15) is 51.9 Å². The number of rotatable bonds is 14. The molecule has 0 aromatic heterocycles. The molecule has 1 N–H and O–H groups in total. The monoisotopic (exact) mass is 343 g/mol. The van der Waals surface area contributed by atoms with E-state index in [1.165, 1.54) is 38.2 Å². The van der Waals surface area contributed by atoms with Gasteiger partial charge in [-0.05, 0) is 12.5 Å². The summed E-state index contributed by atoms with van der Waals surface area (Å²) in [5.41, 5.74) is 0. The fourth-order valence-corrected chi connectivity index (χ4v) is 2.07. The van der Waals surface area contributed by atoms with Crippen LogP contribution in [0.5, 0.6) is 0 Å². The van der Waals surface area contributed by atoms with Gasteiger partial charge in [0, 0.05) is 0 Å². The lowest BCUT2D eigenvalue weighted by Gasteiger charge is -2.04. The molecule has 1 atom stereocenters. The average molecular weight is 343 g/mol. The number of aliphatic hydroxyl groups excluding tert-OH is 1. The predicted molar refractivity (Wildman–Crippen MR) is 104 cm³/mol. The van der Waals surface area contributed by atoms with Gasteiger partial charge in [0.1, 0.15) is 0 Å². The molecule has 0 fully saturated rings. The molecule has 0 aliphatic carbocycles. The highest BCUT2D eigenvalue weighted by Gasteiger charge is 1.97. The Balaban J connectivity index is 3.77. The first kappa shape index (κ1) is 22.9. The Morgan fingerprint density at radius 2 is 1.28 bits per heavy atom. The lowest BCUT2D eigenvalue weighted by Crippen LogP contribution is -2.18. The van der Waals surface area contributed by atoms with Gasteiger partial charge in [-0.25, -0.2) is 0 Å². The fourth-order valence-electron chi connectivity index (χ4n) is 2.07. The van der Waals surface area contributed by atoms with Crippen molar-refractivity contribution in [3.63, 3.8) is 0 Å². The summed E-state index contributed by atoms with van der Waals surface area (Å²) < 4.78 is 0. The standard InChI is InChI=1S/C22H32O3/c1-2-3-4-5-12-15-18-21(23)19-16-13-10-8-6-7-9-11-14-17-20-22(24)25/h6-11,13-14,16-17,19-21,23H,2-5,12,15,18H2,1H3,(H,24,25)/p-1. The van der Waals surface area contributed by atoms with E-state index in [2.05, 4.69) is 6.92 Å². The van der Waals surface area contributed by atoms with E-state index in [1.807, 2.05) is 42.5 Å². The molecule has 0 saturated carbocycles. The van der Waals surface area contributed by atoms with Gasteiger partial charge in [-0.2, -0.15) is 0 Å². The van der Waals surface area contributed by atoms with E-state index in [-0.39, 0.29) is 6.10 Å². The van der Waals surface area contributed by atoms with E-state index in [0.29, 0.717) is 0 Å². The molecular weight excluding hydrogens is 312 g/mol. The highest BCUT2D eigenvalue weighted by Crippen LogP contribution is 2.09. The van der Waals surface area contributed by atoms with E-state index in [1.54, 1.807) is 18.2 Å². The van der Waals surface area contributed by atoms with Crippen molar-refractivity contribution in [1.29, 1.82) is 0 Å². The maximum absolute atomic E-state index is 10.1. The van der Waals surface area contributed by atoms with Gasteiger partial charge in [-0.1, -0.05) is 112 Å². The molecule has 3 heteroatoms. The van der Waals surface area contributed by atoms with Gasteiger partial charge < -0.3 is 15.0 Å². The molecule has 0 aliphatic heterocycles. The lowest BCUT2D eigenvalue weighted by atomic mass is 10.1. The molecule has 0 rings (SSSR count). The molecule has 1 unspecified atom stereocenters. The summed E-state index contributed by atoms with van der Waals surface area (Å²) >= 11 is 0. The zero-order valence-electron chi connectivity index (χ0n) is 15.2. The molecule has 25 heavy (non-hydrogen) atoms. The second-order valence-corrected chi connectivity index (χ2v) is 5.73. The fraction of sp³-hybridized carbons (Fsp3) is 0.409. The third kappa shape index (κ3) is 19.8. The molecule has 0 amide bonds. The van der Waals surface area contributed by atoms with Gasteiger partial charge in [0.2, 0.25) is 0 Å². The Morgan fingerprint density at radius 3 is 1.84 bits per heavy atom. The molecule has 3 nitrogen and oxygen atoms in total. The summed E-state index contributed by atoms with van der Waals surface area (Å²) in [7, 11) is 0. The molecule has 0 bridgehead atoms. The van der Waals surface area contributed by atoms with Crippen LogP contribution < -0.4 is 5.11 Å². The Kier molecular flexibility index (Phi) is 16.7. The Labute approximate surface area is 152 Å². The number of carbonyl (C=O) groups excluding carboxylic acids is 1. The number of allylic oxidation sites excluding steroid dienone is 10. The van der Waals surface area contributed by atoms with Crippen molar-refractivity contribution in [2.24, 2.45) is 0 Å². The van der Waals surface area contributed by atoms with Crippen molar-refractivity contribution < 1.29 is 15.0 Å². The summed E-state index contributed by atoms with van der Waals surface area (Å²) in [6.07, 6.45) is 28.4. The molecule has 0 aromatic carbocycles. The van der Waals surface area contributed by atoms with E-state index < -0.39 is 5.97 Å². The number of aliphatic carboxylic acids is 1. The maximum atomic E-state index is 10.1. The molecular formula is C22H31O3-. The van der Waals surface area contributed by atoms with Gasteiger partial charge in [-0.3, -0.25) is 0 Å². The molecule has 0 aromatic rings. The van der Waals surface area contributed by atoms with E-state index in [9.17, 15) is 15.0 Å². The van der Waals surface area contributed by atoms with Gasteiger partial charge in [0.05, 0.1) is 12.1 Å². The van der Waals surface area contributed by atoms with Crippen molar-refractivity contribution in [2.75, 3.05) is 0 Å².